The maximum Gasteiger partial charge on any atom is 0.261 e. The first-order valence-corrected chi connectivity index (χ1v) is 12.0. The molecule has 0 aliphatic carbocycles. The van der Waals surface area contributed by atoms with Gasteiger partial charge in [-0.3, -0.25) is 9.52 Å². The molecule has 0 fully saturated rings. The summed E-state index contributed by atoms with van der Waals surface area (Å²) in [5, 5.41) is 3.33. The summed E-state index contributed by atoms with van der Waals surface area (Å²) in [5.41, 5.74) is 3.11. The van der Waals surface area contributed by atoms with Crippen LogP contribution >= 0.6 is 23.2 Å². The molecule has 5 nitrogen and oxygen atoms in total. The minimum Gasteiger partial charge on any atom is -0.326 e. The average molecular weight is 477 g/mol. The number of rotatable bonds is 8. The first-order chi connectivity index (χ1) is 14.7. The molecule has 0 bridgehead atoms. The minimum absolute atomic E-state index is 0.0293. The minimum atomic E-state index is -3.84. The molecule has 0 spiro atoms. The van der Waals surface area contributed by atoms with Crippen molar-refractivity contribution in [2.24, 2.45) is 0 Å². The van der Waals surface area contributed by atoms with Crippen molar-refractivity contribution < 1.29 is 13.2 Å². The summed E-state index contributed by atoms with van der Waals surface area (Å²) in [4.78, 5) is 12.3. The largest absolute Gasteiger partial charge is 0.326 e. The Morgan fingerprint density at radius 2 is 1.39 bits per heavy atom. The Hall–Kier alpha value is -2.54. The van der Waals surface area contributed by atoms with Crippen LogP contribution in [0.3, 0.4) is 0 Å². The van der Waals surface area contributed by atoms with Crippen molar-refractivity contribution in [1.82, 2.24) is 0 Å². The number of benzene rings is 3. The first-order valence-electron chi connectivity index (χ1n) is 9.72. The molecule has 0 radical (unpaired) electrons. The van der Waals surface area contributed by atoms with E-state index in [1.54, 1.807) is 24.3 Å². The van der Waals surface area contributed by atoms with Gasteiger partial charge in [0.2, 0.25) is 5.91 Å². The van der Waals surface area contributed by atoms with Crippen molar-refractivity contribution >= 4 is 50.5 Å². The summed E-state index contributed by atoms with van der Waals surface area (Å²) in [7, 11) is -3.84. The van der Waals surface area contributed by atoms with Gasteiger partial charge in [0.15, 0.2) is 0 Å². The molecule has 0 saturated carbocycles. The number of hydrogen-bond acceptors (Lipinski definition) is 3. The van der Waals surface area contributed by atoms with Gasteiger partial charge in [0.05, 0.1) is 11.3 Å². The molecule has 0 aromatic heterocycles. The van der Waals surface area contributed by atoms with E-state index in [0.29, 0.717) is 5.69 Å². The Bertz CT molecular complexity index is 1140. The Balaban J connectivity index is 1.61. The van der Waals surface area contributed by atoms with Gasteiger partial charge < -0.3 is 5.32 Å². The topological polar surface area (TPSA) is 75.3 Å². The predicted octanol–water partition coefficient (Wildman–Crippen LogP) is 5.93. The molecule has 0 atom stereocenters. The van der Waals surface area contributed by atoms with Crippen molar-refractivity contribution in [3.63, 3.8) is 0 Å². The third-order valence-corrected chi connectivity index (χ3v) is 6.29. The first kappa shape index (κ1) is 23.1. The van der Waals surface area contributed by atoms with E-state index in [2.05, 4.69) is 17.0 Å². The second-order valence-electron chi connectivity index (χ2n) is 7.08. The standard InChI is InChI=1S/C23H22Cl2N2O3S/c1-2-3-16-4-8-20(9-5-16)26-23(28)12-17-6-10-21(11-7-17)27-31(29,30)22-14-18(24)13-19(25)15-22/h4-11,13-15,27H,2-3,12H2,1H3,(H,26,28). The number of halogens is 2. The van der Waals surface area contributed by atoms with Gasteiger partial charge in [-0.05, 0) is 60.0 Å². The van der Waals surface area contributed by atoms with Gasteiger partial charge in [-0.15, -0.1) is 0 Å². The van der Waals surface area contributed by atoms with Gasteiger partial charge in [-0.1, -0.05) is 60.8 Å². The number of hydrogen-bond donors (Lipinski definition) is 2. The van der Waals surface area contributed by atoms with Crippen LogP contribution in [0, 0.1) is 0 Å². The summed E-state index contributed by atoms with van der Waals surface area (Å²) in [6, 6.07) is 18.5. The second kappa shape index (κ2) is 10.2. The number of carbonyl (C=O) groups excluding carboxylic acids is 1. The Kier molecular flexibility index (Phi) is 7.59. The molecule has 31 heavy (non-hydrogen) atoms. The fraction of sp³-hybridized carbons (Fsp3) is 0.174. The van der Waals surface area contributed by atoms with Crippen LogP contribution in [-0.4, -0.2) is 14.3 Å². The van der Waals surface area contributed by atoms with E-state index in [0.717, 1.165) is 24.1 Å². The molecule has 0 heterocycles. The zero-order valence-corrected chi connectivity index (χ0v) is 19.2. The van der Waals surface area contributed by atoms with Crippen LogP contribution in [0.5, 0.6) is 0 Å². The third-order valence-electron chi connectivity index (χ3n) is 4.49. The smallest absolute Gasteiger partial charge is 0.261 e. The van der Waals surface area contributed by atoms with Crippen LogP contribution in [0.15, 0.2) is 71.6 Å². The summed E-state index contributed by atoms with van der Waals surface area (Å²) < 4.78 is 27.6. The fourth-order valence-electron chi connectivity index (χ4n) is 3.02. The molecule has 3 rings (SSSR count). The SMILES string of the molecule is CCCc1ccc(NC(=O)Cc2ccc(NS(=O)(=O)c3cc(Cl)cc(Cl)c3)cc2)cc1. The van der Waals surface area contributed by atoms with E-state index in [1.807, 2.05) is 24.3 Å². The third kappa shape index (κ3) is 6.72. The molecule has 2 N–H and O–H groups in total. The van der Waals surface area contributed by atoms with Gasteiger partial charge in [-0.2, -0.15) is 0 Å². The van der Waals surface area contributed by atoms with Gasteiger partial charge in [0.25, 0.3) is 10.0 Å². The Morgan fingerprint density at radius 3 is 1.97 bits per heavy atom. The molecule has 1 amide bonds. The van der Waals surface area contributed by atoms with Crippen LogP contribution in [0.4, 0.5) is 11.4 Å². The lowest BCUT2D eigenvalue weighted by molar-refractivity contribution is -0.115. The summed E-state index contributed by atoms with van der Waals surface area (Å²) in [6.45, 7) is 2.12. The Labute approximate surface area is 192 Å². The zero-order chi connectivity index (χ0) is 22.4. The number of sulfonamides is 1. The average Bonchev–Trinajstić information content (AvgIpc) is 2.70. The van der Waals surface area contributed by atoms with E-state index < -0.39 is 10.0 Å². The lowest BCUT2D eigenvalue weighted by atomic mass is 10.1. The molecule has 3 aromatic carbocycles. The quantitative estimate of drug-likeness (QED) is 0.423. The highest BCUT2D eigenvalue weighted by Crippen LogP contribution is 2.24. The van der Waals surface area contributed by atoms with Crippen molar-refractivity contribution in [2.75, 3.05) is 10.0 Å². The molecular formula is C23H22Cl2N2O3S. The highest BCUT2D eigenvalue weighted by atomic mass is 35.5. The lowest BCUT2D eigenvalue weighted by Crippen LogP contribution is -2.15. The van der Waals surface area contributed by atoms with Crippen LogP contribution in [0.1, 0.15) is 24.5 Å². The van der Waals surface area contributed by atoms with Gasteiger partial charge in [0.1, 0.15) is 0 Å². The highest BCUT2D eigenvalue weighted by Gasteiger charge is 2.16. The van der Waals surface area contributed by atoms with Crippen LogP contribution < -0.4 is 10.0 Å². The molecule has 0 aliphatic rings. The Morgan fingerprint density at radius 1 is 0.839 bits per heavy atom. The zero-order valence-electron chi connectivity index (χ0n) is 16.9. The highest BCUT2D eigenvalue weighted by molar-refractivity contribution is 7.92. The number of aryl methyl sites for hydroxylation is 1. The summed E-state index contributed by atoms with van der Waals surface area (Å²) in [6.07, 6.45) is 2.26. The molecule has 0 aliphatic heterocycles. The molecule has 162 valence electrons. The van der Waals surface area contributed by atoms with Crippen molar-refractivity contribution in [3.05, 3.63) is 87.9 Å². The predicted molar refractivity (Wildman–Crippen MR) is 126 cm³/mol. The summed E-state index contributed by atoms with van der Waals surface area (Å²) in [5.74, 6) is -0.148. The molecule has 8 heteroatoms. The molecule has 0 unspecified atom stereocenters. The number of anilines is 2. The van der Waals surface area contributed by atoms with E-state index in [9.17, 15) is 13.2 Å². The maximum atomic E-state index is 12.5. The monoisotopic (exact) mass is 476 g/mol. The van der Waals surface area contributed by atoms with Crippen LogP contribution in [-0.2, 0) is 27.7 Å². The van der Waals surface area contributed by atoms with Crippen molar-refractivity contribution in [1.29, 1.82) is 0 Å². The van der Waals surface area contributed by atoms with Gasteiger partial charge in [0, 0.05) is 21.4 Å². The van der Waals surface area contributed by atoms with E-state index in [4.69, 9.17) is 23.2 Å². The lowest BCUT2D eigenvalue weighted by Gasteiger charge is -2.10. The molecule has 0 saturated heterocycles. The normalized spacial score (nSPS) is 11.2. The van der Waals surface area contributed by atoms with Crippen molar-refractivity contribution in [2.45, 2.75) is 31.1 Å². The molecular weight excluding hydrogens is 455 g/mol. The van der Waals surface area contributed by atoms with Crippen molar-refractivity contribution in [3.8, 4) is 0 Å². The van der Waals surface area contributed by atoms with Crippen LogP contribution in [0.25, 0.3) is 0 Å². The van der Waals surface area contributed by atoms with Gasteiger partial charge in [-0.25, -0.2) is 8.42 Å². The van der Waals surface area contributed by atoms with E-state index in [-0.39, 0.29) is 27.3 Å². The second-order valence-corrected chi connectivity index (χ2v) is 9.63. The summed E-state index contributed by atoms with van der Waals surface area (Å²) >= 11 is 11.8. The van der Waals surface area contributed by atoms with Gasteiger partial charge >= 0.3 is 0 Å². The van der Waals surface area contributed by atoms with E-state index in [1.165, 1.54) is 23.8 Å². The number of carbonyl (C=O) groups is 1. The molecule has 3 aromatic rings. The number of amides is 1. The number of nitrogens with one attached hydrogen (secondary N) is 2. The van der Waals surface area contributed by atoms with Crippen LogP contribution in [0.2, 0.25) is 10.0 Å². The fourth-order valence-corrected chi connectivity index (χ4v) is 4.81. The maximum absolute atomic E-state index is 12.5. The van der Waals surface area contributed by atoms with E-state index >= 15 is 0 Å².